The molecule has 0 unspecified atom stereocenters. The highest BCUT2D eigenvalue weighted by molar-refractivity contribution is 9.10. The molecular weight excluding hydrogens is 332 g/mol. The molecule has 1 aromatic carbocycles. The summed E-state index contributed by atoms with van der Waals surface area (Å²) >= 11 is 3.27. The number of nitrogens with zero attached hydrogens (tertiary/aromatic N) is 3. The largest absolute Gasteiger partial charge is 0.263 e. The van der Waals surface area contributed by atoms with Gasteiger partial charge in [-0.25, -0.2) is 13.4 Å². The Bertz CT molecular complexity index is 666. The van der Waals surface area contributed by atoms with Gasteiger partial charge in [-0.2, -0.15) is 9.40 Å². The standard InChI is InChI=1S/C11H13BrN4O2S/c1-8-13-11(15-14-8)7-16(2)19(17,18)10-5-3-9(12)4-6-10/h3-6H,7H2,1-2H3,(H,13,14,15). The highest BCUT2D eigenvalue weighted by atomic mass is 79.9. The molecule has 0 aliphatic rings. The van der Waals surface area contributed by atoms with E-state index in [0.717, 1.165) is 4.47 Å². The van der Waals surface area contributed by atoms with E-state index in [1.165, 1.54) is 11.4 Å². The second kappa shape index (κ2) is 5.40. The van der Waals surface area contributed by atoms with Gasteiger partial charge in [0.05, 0.1) is 11.4 Å². The lowest BCUT2D eigenvalue weighted by Gasteiger charge is -2.15. The number of sulfonamides is 1. The molecule has 0 fully saturated rings. The first-order valence-electron chi connectivity index (χ1n) is 5.49. The minimum absolute atomic E-state index is 0.128. The van der Waals surface area contributed by atoms with E-state index in [4.69, 9.17) is 0 Å². The minimum Gasteiger partial charge on any atom is -0.263 e. The van der Waals surface area contributed by atoms with Crippen LogP contribution in [0.15, 0.2) is 33.6 Å². The third-order valence-electron chi connectivity index (χ3n) is 2.53. The van der Waals surface area contributed by atoms with Crippen LogP contribution in [0, 0.1) is 6.92 Å². The van der Waals surface area contributed by atoms with Crippen molar-refractivity contribution < 1.29 is 8.42 Å². The molecule has 0 bridgehead atoms. The molecule has 1 heterocycles. The first kappa shape index (κ1) is 14.2. The van der Waals surface area contributed by atoms with Crippen LogP contribution >= 0.6 is 15.9 Å². The normalized spacial score (nSPS) is 12.0. The maximum atomic E-state index is 12.3. The lowest BCUT2D eigenvalue weighted by molar-refractivity contribution is 0.457. The summed E-state index contributed by atoms with van der Waals surface area (Å²) in [5, 5.41) is 6.61. The summed E-state index contributed by atoms with van der Waals surface area (Å²) in [6.07, 6.45) is 0. The molecular formula is C11H13BrN4O2S. The van der Waals surface area contributed by atoms with Crippen molar-refractivity contribution in [3.05, 3.63) is 40.4 Å². The number of rotatable bonds is 4. The van der Waals surface area contributed by atoms with Gasteiger partial charge in [0.15, 0.2) is 5.82 Å². The van der Waals surface area contributed by atoms with E-state index < -0.39 is 10.0 Å². The van der Waals surface area contributed by atoms with Crippen LogP contribution in [0.25, 0.3) is 0 Å². The van der Waals surface area contributed by atoms with Crippen LogP contribution in [-0.2, 0) is 16.6 Å². The van der Waals surface area contributed by atoms with E-state index in [0.29, 0.717) is 11.6 Å². The van der Waals surface area contributed by atoms with E-state index in [2.05, 4.69) is 31.1 Å². The van der Waals surface area contributed by atoms with Crippen molar-refractivity contribution in [3.8, 4) is 0 Å². The van der Waals surface area contributed by atoms with Gasteiger partial charge >= 0.3 is 0 Å². The Kier molecular flexibility index (Phi) is 4.02. The van der Waals surface area contributed by atoms with Crippen molar-refractivity contribution in [3.63, 3.8) is 0 Å². The Morgan fingerprint density at radius 2 is 1.95 bits per heavy atom. The molecule has 0 atom stereocenters. The Hall–Kier alpha value is -1.25. The van der Waals surface area contributed by atoms with Gasteiger partial charge in [0.2, 0.25) is 10.0 Å². The molecule has 19 heavy (non-hydrogen) atoms. The molecule has 0 saturated heterocycles. The number of halogens is 1. The lowest BCUT2D eigenvalue weighted by atomic mass is 10.4. The highest BCUT2D eigenvalue weighted by Gasteiger charge is 2.21. The van der Waals surface area contributed by atoms with Crippen molar-refractivity contribution in [1.82, 2.24) is 19.5 Å². The van der Waals surface area contributed by atoms with Crippen molar-refractivity contribution >= 4 is 26.0 Å². The zero-order valence-electron chi connectivity index (χ0n) is 10.5. The summed E-state index contributed by atoms with van der Waals surface area (Å²) in [5.74, 6) is 1.10. The van der Waals surface area contributed by atoms with Crippen LogP contribution in [0.1, 0.15) is 11.6 Å². The summed E-state index contributed by atoms with van der Waals surface area (Å²) in [5.41, 5.74) is 0. The van der Waals surface area contributed by atoms with Crippen molar-refractivity contribution in [2.24, 2.45) is 0 Å². The van der Waals surface area contributed by atoms with Gasteiger partial charge in [-0.3, -0.25) is 5.10 Å². The van der Waals surface area contributed by atoms with Gasteiger partial charge < -0.3 is 0 Å². The Morgan fingerprint density at radius 3 is 2.47 bits per heavy atom. The predicted octanol–water partition coefficient (Wildman–Crippen LogP) is 1.70. The van der Waals surface area contributed by atoms with Crippen LogP contribution < -0.4 is 0 Å². The number of benzene rings is 1. The molecule has 0 aliphatic heterocycles. The average Bonchev–Trinajstić information content (AvgIpc) is 2.75. The Balaban J connectivity index is 2.21. The van der Waals surface area contributed by atoms with Gasteiger partial charge in [-0.1, -0.05) is 15.9 Å². The quantitative estimate of drug-likeness (QED) is 0.915. The molecule has 0 spiro atoms. The van der Waals surface area contributed by atoms with E-state index in [9.17, 15) is 8.42 Å². The number of aryl methyl sites for hydroxylation is 1. The van der Waals surface area contributed by atoms with Gasteiger partial charge in [0.25, 0.3) is 0 Å². The van der Waals surface area contributed by atoms with E-state index in [1.807, 2.05) is 0 Å². The van der Waals surface area contributed by atoms with Gasteiger partial charge in [-0.15, -0.1) is 0 Å². The molecule has 1 N–H and O–H groups in total. The number of aromatic nitrogens is 3. The number of aromatic amines is 1. The molecule has 2 aromatic rings. The Labute approximate surface area is 120 Å². The van der Waals surface area contributed by atoms with Crippen molar-refractivity contribution in [2.75, 3.05) is 7.05 Å². The van der Waals surface area contributed by atoms with Crippen LogP contribution in [0.4, 0.5) is 0 Å². The number of hydrogen-bond acceptors (Lipinski definition) is 4. The Morgan fingerprint density at radius 1 is 1.32 bits per heavy atom. The molecule has 0 amide bonds. The van der Waals surface area contributed by atoms with E-state index >= 15 is 0 Å². The highest BCUT2D eigenvalue weighted by Crippen LogP contribution is 2.18. The van der Waals surface area contributed by atoms with Crippen molar-refractivity contribution in [1.29, 1.82) is 0 Å². The predicted molar refractivity (Wildman–Crippen MR) is 73.9 cm³/mol. The third kappa shape index (κ3) is 3.20. The van der Waals surface area contributed by atoms with Crippen LogP contribution in [0.3, 0.4) is 0 Å². The molecule has 2 rings (SSSR count). The zero-order valence-corrected chi connectivity index (χ0v) is 12.9. The van der Waals surface area contributed by atoms with Crippen LogP contribution in [0.2, 0.25) is 0 Å². The maximum Gasteiger partial charge on any atom is 0.243 e. The van der Waals surface area contributed by atoms with E-state index in [-0.39, 0.29) is 11.4 Å². The molecule has 0 saturated carbocycles. The number of hydrogen-bond donors (Lipinski definition) is 1. The third-order valence-corrected chi connectivity index (χ3v) is 4.88. The summed E-state index contributed by atoms with van der Waals surface area (Å²) in [6.45, 7) is 1.89. The van der Waals surface area contributed by atoms with Gasteiger partial charge in [0.1, 0.15) is 5.82 Å². The SMILES string of the molecule is Cc1nc(CN(C)S(=O)(=O)c2ccc(Br)cc2)n[nH]1. The second-order valence-electron chi connectivity index (χ2n) is 4.05. The minimum atomic E-state index is -3.53. The van der Waals surface area contributed by atoms with Crippen LogP contribution in [-0.4, -0.2) is 35.0 Å². The second-order valence-corrected chi connectivity index (χ2v) is 7.01. The van der Waals surface area contributed by atoms with E-state index in [1.54, 1.807) is 31.2 Å². The van der Waals surface area contributed by atoms with Gasteiger partial charge in [0, 0.05) is 11.5 Å². The fourth-order valence-electron chi connectivity index (χ4n) is 1.53. The summed E-state index contributed by atoms with van der Waals surface area (Å²) in [7, 11) is -2.02. The molecule has 8 heteroatoms. The molecule has 1 aromatic heterocycles. The molecule has 102 valence electrons. The number of nitrogens with one attached hydrogen (secondary N) is 1. The maximum absolute atomic E-state index is 12.3. The monoisotopic (exact) mass is 344 g/mol. The first-order chi connectivity index (χ1) is 8.89. The zero-order chi connectivity index (χ0) is 14.0. The summed E-state index contributed by atoms with van der Waals surface area (Å²) in [6, 6.07) is 6.49. The smallest absolute Gasteiger partial charge is 0.243 e. The fraction of sp³-hybridized carbons (Fsp3) is 0.273. The fourth-order valence-corrected chi connectivity index (χ4v) is 2.92. The summed E-state index contributed by atoms with van der Waals surface area (Å²) < 4.78 is 26.7. The molecule has 6 nitrogen and oxygen atoms in total. The summed E-state index contributed by atoms with van der Waals surface area (Å²) in [4.78, 5) is 4.33. The number of H-pyrrole nitrogens is 1. The first-order valence-corrected chi connectivity index (χ1v) is 7.72. The average molecular weight is 345 g/mol. The molecule has 0 radical (unpaired) electrons. The van der Waals surface area contributed by atoms with Crippen LogP contribution in [0.5, 0.6) is 0 Å². The van der Waals surface area contributed by atoms with Gasteiger partial charge in [-0.05, 0) is 31.2 Å². The topological polar surface area (TPSA) is 79.0 Å². The van der Waals surface area contributed by atoms with Crippen molar-refractivity contribution in [2.45, 2.75) is 18.4 Å². The lowest BCUT2D eigenvalue weighted by Crippen LogP contribution is -2.27. The molecule has 0 aliphatic carbocycles.